The average molecular weight is 401 g/mol. The van der Waals surface area contributed by atoms with Crippen LogP contribution in [-0.4, -0.2) is 65.5 Å². The van der Waals surface area contributed by atoms with Gasteiger partial charge in [0.25, 0.3) is 5.91 Å². The molecule has 1 aromatic rings. The molecule has 9 nitrogen and oxygen atoms in total. The number of imide groups is 1. The van der Waals surface area contributed by atoms with Gasteiger partial charge < -0.3 is 19.6 Å². The lowest BCUT2D eigenvalue weighted by molar-refractivity contribution is -0.144. The van der Waals surface area contributed by atoms with Crippen molar-refractivity contribution in [2.24, 2.45) is 0 Å². The fourth-order valence-electron chi connectivity index (χ4n) is 4.21. The van der Waals surface area contributed by atoms with Gasteiger partial charge in [-0.2, -0.15) is 0 Å². The zero-order valence-corrected chi connectivity index (χ0v) is 15.9. The zero-order valence-electron chi connectivity index (χ0n) is 15.9. The highest BCUT2D eigenvalue weighted by molar-refractivity contribution is 6.05. The number of hydrogen-bond donors (Lipinski definition) is 2. The van der Waals surface area contributed by atoms with Gasteiger partial charge in [-0.05, 0) is 37.0 Å². The van der Waals surface area contributed by atoms with E-state index in [0.717, 1.165) is 24.1 Å². The molecule has 0 saturated carbocycles. The summed E-state index contributed by atoms with van der Waals surface area (Å²) in [5, 5.41) is 11.0. The quantitative estimate of drug-likeness (QED) is 0.691. The van der Waals surface area contributed by atoms with Gasteiger partial charge in [-0.15, -0.1) is 0 Å². The summed E-state index contributed by atoms with van der Waals surface area (Å²) in [5.41, 5.74) is 2.40. The third kappa shape index (κ3) is 3.95. The number of carbonyl (C=O) groups is 4. The molecule has 9 heteroatoms. The highest BCUT2D eigenvalue weighted by atomic mass is 16.5. The number of fused-ring (bicyclic) bond motifs is 1. The Kier molecular flexibility index (Phi) is 5.23. The summed E-state index contributed by atoms with van der Waals surface area (Å²) in [6.45, 7) is 1.52. The van der Waals surface area contributed by atoms with E-state index in [9.17, 15) is 19.2 Å². The number of carboxylic acid groups (broad SMARTS) is 1. The first kappa shape index (κ1) is 19.4. The van der Waals surface area contributed by atoms with Gasteiger partial charge in [0.1, 0.15) is 12.6 Å². The maximum atomic E-state index is 12.9. The summed E-state index contributed by atoms with van der Waals surface area (Å²) in [6, 6.07) is 5.14. The molecule has 0 aliphatic carbocycles. The minimum atomic E-state index is -0.967. The second-order valence-electron chi connectivity index (χ2n) is 7.63. The molecule has 1 atom stereocenters. The van der Waals surface area contributed by atoms with E-state index in [1.807, 2.05) is 18.2 Å². The van der Waals surface area contributed by atoms with Crippen LogP contribution in [0, 0.1) is 0 Å². The molecule has 0 spiro atoms. The fraction of sp³-hybridized carbons (Fsp3) is 0.500. The first-order valence-electron chi connectivity index (χ1n) is 9.78. The Labute approximate surface area is 167 Å². The van der Waals surface area contributed by atoms with E-state index in [-0.39, 0.29) is 30.9 Å². The SMILES string of the molecule is O=C(O)COC1CCN(c2ccc3c(c2)C(=O)N(C2CCC(=O)NC2=O)C3)CC1. The zero-order chi connectivity index (χ0) is 20.5. The predicted molar refractivity (Wildman–Crippen MR) is 101 cm³/mol. The molecule has 0 aromatic heterocycles. The Balaban J connectivity index is 1.42. The predicted octanol–water partition coefficient (Wildman–Crippen LogP) is 0.518. The molecule has 1 aromatic carbocycles. The number of ether oxygens (including phenoxy) is 1. The van der Waals surface area contributed by atoms with Gasteiger partial charge in [0.2, 0.25) is 11.8 Å². The standard InChI is InChI=1S/C20H23N3O6/c24-17-4-3-16(19(27)21-17)23-10-12-1-2-13(9-15(12)20(23)28)22-7-5-14(6-8-22)29-11-18(25)26/h1-2,9,14,16H,3-8,10-11H2,(H,25,26)(H,21,24,27). The molecule has 2 N–H and O–H groups in total. The van der Waals surface area contributed by atoms with Crippen molar-refractivity contribution in [2.75, 3.05) is 24.6 Å². The lowest BCUT2D eigenvalue weighted by Gasteiger charge is -2.33. The van der Waals surface area contributed by atoms with Crippen molar-refractivity contribution in [1.29, 1.82) is 0 Å². The first-order chi connectivity index (χ1) is 13.9. The van der Waals surface area contributed by atoms with E-state index in [2.05, 4.69) is 10.2 Å². The van der Waals surface area contributed by atoms with Crippen molar-refractivity contribution < 1.29 is 29.0 Å². The molecule has 154 valence electrons. The molecule has 3 heterocycles. The maximum Gasteiger partial charge on any atom is 0.329 e. The number of amides is 3. The Morgan fingerprint density at radius 1 is 1.17 bits per heavy atom. The molecule has 2 fully saturated rings. The lowest BCUT2D eigenvalue weighted by Crippen LogP contribution is -2.52. The third-order valence-corrected chi connectivity index (χ3v) is 5.76. The molecule has 3 aliphatic rings. The molecule has 3 amide bonds. The number of nitrogens with zero attached hydrogens (tertiary/aromatic N) is 2. The van der Waals surface area contributed by atoms with Crippen LogP contribution < -0.4 is 10.2 Å². The summed E-state index contributed by atoms with van der Waals surface area (Å²) in [7, 11) is 0. The van der Waals surface area contributed by atoms with Crippen LogP contribution in [0.1, 0.15) is 41.6 Å². The van der Waals surface area contributed by atoms with E-state index >= 15 is 0 Å². The molecule has 0 radical (unpaired) electrons. The van der Waals surface area contributed by atoms with Gasteiger partial charge in [-0.25, -0.2) is 4.79 Å². The van der Waals surface area contributed by atoms with Gasteiger partial charge in [-0.3, -0.25) is 19.7 Å². The molecule has 1 unspecified atom stereocenters. The number of hydrogen-bond acceptors (Lipinski definition) is 6. The van der Waals surface area contributed by atoms with Gasteiger partial charge >= 0.3 is 5.97 Å². The van der Waals surface area contributed by atoms with Crippen LogP contribution in [0.25, 0.3) is 0 Å². The molecule has 0 bridgehead atoms. The number of anilines is 1. The normalized spacial score (nSPS) is 22.6. The molecule has 2 saturated heterocycles. The summed E-state index contributed by atoms with van der Waals surface area (Å²) in [5.74, 6) is -1.86. The first-order valence-corrected chi connectivity index (χ1v) is 9.78. The lowest BCUT2D eigenvalue weighted by atomic mass is 10.0. The number of piperidine rings is 2. The second-order valence-corrected chi connectivity index (χ2v) is 7.63. The topological polar surface area (TPSA) is 116 Å². The van der Waals surface area contributed by atoms with Crippen LogP contribution in [0.3, 0.4) is 0 Å². The Morgan fingerprint density at radius 2 is 1.93 bits per heavy atom. The van der Waals surface area contributed by atoms with Crippen LogP contribution in [0.15, 0.2) is 18.2 Å². The van der Waals surface area contributed by atoms with Crippen molar-refractivity contribution in [3.05, 3.63) is 29.3 Å². The molecule has 4 rings (SSSR count). The van der Waals surface area contributed by atoms with Crippen molar-refractivity contribution in [3.63, 3.8) is 0 Å². The van der Waals surface area contributed by atoms with Crippen molar-refractivity contribution in [2.45, 2.75) is 44.4 Å². The largest absolute Gasteiger partial charge is 0.480 e. The van der Waals surface area contributed by atoms with E-state index in [1.165, 1.54) is 0 Å². The highest BCUT2D eigenvalue weighted by Crippen LogP contribution is 2.31. The fourth-order valence-corrected chi connectivity index (χ4v) is 4.21. The van der Waals surface area contributed by atoms with Crippen LogP contribution >= 0.6 is 0 Å². The monoisotopic (exact) mass is 401 g/mol. The van der Waals surface area contributed by atoms with Gasteiger partial charge in [0, 0.05) is 37.3 Å². The average Bonchev–Trinajstić information content (AvgIpc) is 3.03. The van der Waals surface area contributed by atoms with Crippen LogP contribution in [0.2, 0.25) is 0 Å². The molecular weight excluding hydrogens is 378 g/mol. The van der Waals surface area contributed by atoms with Crippen molar-refractivity contribution in [1.82, 2.24) is 10.2 Å². The summed E-state index contributed by atoms with van der Waals surface area (Å²) in [6.07, 6.45) is 1.96. The van der Waals surface area contributed by atoms with E-state index < -0.39 is 17.9 Å². The van der Waals surface area contributed by atoms with E-state index in [1.54, 1.807) is 4.90 Å². The summed E-state index contributed by atoms with van der Waals surface area (Å²) < 4.78 is 5.37. The minimum absolute atomic E-state index is 0.0681. The second kappa shape index (κ2) is 7.82. The van der Waals surface area contributed by atoms with Crippen molar-refractivity contribution in [3.8, 4) is 0 Å². The summed E-state index contributed by atoms with van der Waals surface area (Å²) in [4.78, 5) is 50.8. The molecular formula is C20H23N3O6. The highest BCUT2D eigenvalue weighted by Gasteiger charge is 2.39. The smallest absolute Gasteiger partial charge is 0.329 e. The Bertz CT molecular complexity index is 862. The van der Waals surface area contributed by atoms with E-state index in [4.69, 9.17) is 9.84 Å². The maximum absolute atomic E-state index is 12.9. The molecule has 29 heavy (non-hydrogen) atoms. The van der Waals surface area contributed by atoms with E-state index in [0.29, 0.717) is 31.6 Å². The third-order valence-electron chi connectivity index (χ3n) is 5.76. The Hall–Kier alpha value is -2.94. The number of carbonyl (C=O) groups excluding carboxylic acids is 3. The van der Waals surface area contributed by atoms with Gasteiger partial charge in [-0.1, -0.05) is 6.07 Å². The van der Waals surface area contributed by atoms with Gasteiger partial charge in [0.15, 0.2) is 0 Å². The number of aliphatic carboxylic acids is 1. The van der Waals surface area contributed by atoms with Gasteiger partial charge in [0.05, 0.1) is 6.10 Å². The van der Waals surface area contributed by atoms with Crippen LogP contribution in [-0.2, 0) is 25.7 Å². The van der Waals surface area contributed by atoms with Crippen LogP contribution in [0.4, 0.5) is 5.69 Å². The number of carboxylic acids is 1. The number of nitrogens with one attached hydrogen (secondary N) is 1. The molecule has 3 aliphatic heterocycles. The minimum Gasteiger partial charge on any atom is -0.480 e. The van der Waals surface area contributed by atoms with Crippen molar-refractivity contribution >= 4 is 29.4 Å². The van der Waals surface area contributed by atoms with Crippen LogP contribution in [0.5, 0.6) is 0 Å². The number of rotatable bonds is 5. The Morgan fingerprint density at radius 3 is 2.62 bits per heavy atom. The number of benzene rings is 1. The summed E-state index contributed by atoms with van der Waals surface area (Å²) >= 11 is 0.